The molecule has 0 spiro atoms. The Balaban J connectivity index is 2.05. The normalized spacial score (nSPS) is 17.7. The van der Waals surface area contributed by atoms with E-state index in [1.54, 1.807) is 30.2 Å². The second-order valence-corrected chi connectivity index (χ2v) is 6.00. The predicted molar refractivity (Wildman–Crippen MR) is 89.5 cm³/mol. The average molecular weight is 339 g/mol. The van der Waals surface area contributed by atoms with Crippen molar-refractivity contribution < 1.29 is 14.3 Å². The summed E-state index contributed by atoms with van der Waals surface area (Å²) in [4.78, 5) is 26.2. The van der Waals surface area contributed by atoms with Crippen molar-refractivity contribution in [3.05, 3.63) is 28.8 Å². The summed E-state index contributed by atoms with van der Waals surface area (Å²) in [6.07, 6.45) is 3.04. The van der Waals surface area contributed by atoms with Gasteiger partial charge in [-0.1, -0.05) is 24.6 Å². The van der Waals surface area contributed by atoms with Gasteiger partial charge in [0, 0.05) is 30.1 Å². The standard InChI is InChI=1S/C17H23ClN2O3/c1-3-16(21)20-10-5-4-8-14(20)17(22)19-11-12-13(18)7-6-9-15(12)23-2/h6-7,9,14H,3-5,8,10-11H2,1-2H3,(H,19,22). The molecule has 1 atom stereocenters. The molecule has 0 bridgehead atoms. The molecule has 0 saturated carbocycles. The summed E-state index contributed by atoms with van der Waals surface area (Å²) in [5.74, 6) is 0.539. The van der Waals surface area contributed by atoms with Gasteiger partial charge in [-0.2, -0.15) is 0 Å². The molecule has 1 aromatic carbocycles. The molecule has 1 aromatic rings. The summed E-state index contributed by atoms with van der Waals surface area (Å²) in [7, 11) is 1.57. The number of carbonyl (C=O) groups excluding carboxylic acids is 2. The van der Waals surface area contributed by atoms with Gasteiger partial charge in [-0.15, -0.1) is 0 Å². The zero-order valence-electron chi connectivity index (χ0n) is 13.6. The fraction of sp³-hybridized carbons (Fsp3) is 0.529. The Morgan fingerprint density at radius 3 is 2.87 bits per heavy atom. The monoisotopic (exact) mass is 338 g/mol. The number of benzene rings is 1. The Hall–Kier alpha value is -1.75. The lowest BCUT2D eigenvalue weighted by atomic mass is 10.0. The number of nitrogens with one attached hydrogen (secondary N) is 1. The van der Waals surface area contributed by atoms with Crippen molar-refractivity contribution in [3.63, 3.8) is 0 Å². The van der Waals surface area contributed by atoms with Gasteiger partial charge in [-0.3, -0.25) is 9.59 Å². The van der Waals surface area contributed by atoms with Crippen molar-refractivity contribution in [3.8, 4) is 5.75 Å². The van der Waals surface area contributed by atoms with Crippen molar-refractivity contribution >= 4 is 23.4 Å². The van der Waals surface area contributed by atoms with Gasteiger partial charge >= 0.3 is 0 Å². The molecule has 0 radical (unpaired) electrons. The van der Waals surface area contributed by atoms with Gasteiger partial charge in [0.05, 0.1) is 7.11 Å². The summed E-state index contributed by atoms with van der Waals surface area (Å²) < 4.78 is 5.28. The molecule has 1 aliphatic heterocycles. The van der Waals surface area contributed by atoms with Gasteiger partial charge in [0.15, 0.2) is 0 Å². The minimum absolute atomic E-state index is 0.0279. The maximum Gasteiger partial charge on any atom is 0.243 e. The highest BCUT2D eigenvalue weighted by atomic mass is 35.5. The molecule has 126 valence electrons. The van der Waals surface area contributed by atoms with E-state index in [2.05, 4.69) is 5.32 Å². The lowest BCUT2D eigenvalue weighted by molar-refractivity contribution is -0.142. The second kappa shape index (κ2) is 8.20. The number of methoxy groups -OCH3 is 1. The number of carbonyl (C=O) groups is 2. The van der Waals surface area contributed by atoms with E-state index < -0.39 is 0 Å². The van der Waals surface area contributed by atoms with Crippen LogP contribution in [0, 0.1) is 0 Å². The van der Waals surface area contributed by atoms with E-state index in [4.69, 9.17) is 16.3 Å². The van der Waals surface area contributed by atoms with E-state index in [1.807, 2.05) is 6.92 Å². The maximum atomic E-state index is 12.5. The first-order valence-corrected chi connectivity index (χ1v) is 8.34. The van der Waals surface area contributed by atoms with E-state index >= 15 is 0 Å². The number of amides is 2. The van der Waals surface area contributed by atoms with Crippen LogP contribution in [0.4, 0.5) is 0 Å². The Kier molecular flexibility index (Phi) is 6.28. The van der Waals surface area contributed by atoms with Crippen molar-refractivity contribution in [1.29, 1.82) is 0 Å². The van der Waals surface area contributed by atoms with E-state index in [0.29, 0.717) is 30.2 Å². The van der Waals surface area contributed by atoms with Crippen LogP contribution in [0.3, 0.4) is 0 Å². The van der Waals surface area contributed by atoms with Crippen LogP contribution in [0.1, 0.15) is 38.2 Å². The Bertz CT molecular complexity index is 577. The topological polar surface area (TPSA) is 58.6 Å². The van der Waals surface area contributed by atoms with Gasteiger partial charge < -0.3 is 15.0 Å². The molecule has 23 heavy (non-hydrogen) atoms. The molecular formula is C17H23ClN2O3. The van der Waals surface area contributed by atoms with Crippen LogP contribution in [-0.2, 0) is 16.1 Å². The number of piperidine rings is 1. The first-order chi connectivity index (χ1) is 11.1. The molecule has 1 N–H and O–H groups in total. The number of likely N-dealkylation sites (tertiary alicyclic amines) is 1. The van der Waals surface area contributed by atoms with Crippen molar-refractivity contribution in [1.82, 2.24) is 10.2 Å². The van der Waals surface area contributed by atoms with E-state index in [-0.39, 0.29) is 24.4 Å². The molecule has 0 aromatic heterocycles. The summed E-state index contributed by atoms with van der Waals surface area (Å²) in [6, 6.07) is 4.99. The summed E-state index contributed by atoms with van der Waals surface area (Å²) in [6.45, 7) is 2.76. The lowest BCUT2D eigenvalue weighted by Gasteiger charge is -2.34. The highest BCUT2D eigenvalue weighted by molar-refractivity contribution is 6.31. The Morgan fingerprint density at radius 2 is 2.17 bits per heavy atom. The molecule has 2 rings (SSSR count). The number of rotatable bonds is 5. The van der Waals surface area contributed by atoms with Gasteiger partial charge in [-0.25, -0.2) is 0 Å². The largest absolute Gasteiger partial charge is 0.496 e. The van der Waals surface area contributed by atoms with Crippen LogP contribution in [0.25, 0.3) is 0 Å². The van der Waals surface area contributed by atoms with Crippen LogP contribution in [-0.4, -0.2) is 36.4 Å². The second-order valence-electron chi connectivity index (χ2n) is 5.59. The quantitative estimate of drug-likeness (QED) is 0.898. The predicted octanol–water partition coefficient (Wildman–Crippen LogP) is 2.76. The summed E-state index contributed by atoms with van der Waals surface area (Å²) >= 11 is 6.18. The van der Waals surface area contributed by atoms with Crippen molar-refractivity contribution in [2.45, 2.75) is 45.2 Å². The van der Waals surface area contributed by atoms with E-state index in [0.717, 1.165) is 18.4 Å². The average Bonchev–Trinajstić information content (AvgIpc) is 2.59. The van der Waals surface area contributed by atoms with Crippen LogP contribution < -0.4 is 10.1 Å². The molecule has 1 unspecified atom stereocenters. The molecule has 1 heterocycles. The molecule has 1 aliphatic rings. The first kappa shape index (κ1) is 17.6. The summed E-state index contributed by atoms with van der Waals surface area (Å²) in [5.41, 5.74) is 0.745. The molecule has 5 nitrogen and oxygen atoms in total. The molecule has 1 saturated heterocycles. The van der Waals surface area contributed by atoms with Crippen molar-refractivity contribution in [2.24, 2.45) is 0 Å². The van der Waals surface area contributed by atoms with Gasteiger partial charge in [-0.05, 0) is 31.4 Å². The van der Waals surface area contributed by atoms with E-state index in [1.165, 1.54) is 0 Å². The van der Waals surface area contributed by atoms with Gasteiger partial charge in [0.2, 0.25) is 11.8 Å². The highest BCUT2D eigenvalue weighted by Crippen LogP contribution is 2.26. The maximum absolute atomic E-state index is 12.5. The number of hydrogen-bond donors (Lipinski definition) is 1. The molecule has 2 amide bonds. The van der Waals surface area contributed by atoms with Gasteiger partial charge in [0.1, 0.15) is 11.8 Å². The molecular weight excluding hydrogens is 316 g/mol. The molecule has 6 heteroatoms. The van der Waals surface area contributed by atoms with E-state index in [9.17, 15) is 9.59 Å². The Morgan fingerprint density at radius 1 is 1.39 bits per heavy atom. The van der Waals surface area contributed by atoms with Crippen LogP contribution in [0.5, 0.6) is 5.75 Å². The van der Waals surface area contributed by atoms with Crippen LogP contribution in [0.15, 0.2) is 18.2 Å². The third-order valence-electron chi connectivity index (χ3n) is 4.16. The SMILES string of the molecule is CCC(=O)N1CCCCC1C(=O)NCc1c(Cl)cccc1OC. The van der Waals surface area contributed by atoms with Crippen LogP contribution >= 0.6 is 11.6 Å². The third-order valence-corrected chi connectivity index (χ3v) is 4.52. The Labute approximate surface area is 141 Å². The number of hydrogen-bond acceptors (Lipinski definition) is 3. The molecule has 0 aliphatic carbocycles. The fourth-order valence-corrected chi connectivity index (χ4v) is 3.13. The zero-order valence-corrected chi connectivity index (χ0v) is 14.4. The molecule has 1 fully saturated rings. The summed E-state index contributed by atoms with van der Waals surface area (Å²) in [5, 5.41) is 3.45. The third kappa shape index (κ3) is 4.16. The number of halogens is 1. The highest BCUT2D eigenvalue weighted by Gasteiger charge is 2.31. The first-order valence-electron chi connectivity index (χ1n) is 7.97. The minimum atomic E-state index is -0.385. The van der Waals surface area contributed by atoms with Gasteiger partial charge in [0.25, 0.3) is 0 Å². The fourth-order valence-electron chi connectivity index (χ4n) is 2.90. The number of ether oxygens (including phenoxy) is 1. The smallest absolute Gasteiger partial charge is 0.243 e. The lowest BCUT2D eigenvalue weighted by Crippen LogP contribution is -2.51. The number of nitrogens with zero attached hydrogens (tertiary/aromatic N) is 1. The zero-order chi connectivity index (χ0) is 16.8. The van der Waals surface area contributed by atoms with Crippen LogP contribution in [0.2, 0.25) is 5.02 Å². The minimum Gasteiger partial charge on any atom is -0.496 e. The van der Waals surface area contributed by atoms with Crippen molar-refractivity contribution in [2.75, 3.05) is 13.7 Å².